The number of pyridine rings is 1. The summed E-state index contributed by atoms with van der Waals surface area (Å²) < 4.78 is 5.40. The van der Waals surface area contributed by atoms with Gasteiger partial charge in [0.05, 0.1) is 6.61 Å². The van der Waals surface area contributed by atoms with E-state index in [4.69, 9.17) is 10.00 Å². The van der Waals surface area contributed by atoms with Gasteiger partial charge in [-0.25, -0.2) is 0 Å². The van der Waals surface area contributed by atoms with E-state index in [1.165, 1.54) is 0 Å². The smallest absolute Gasteiger partial charge is 0.266 e. The van der Waals surface area contributed by atoms with E-state index in [2.05, 4.69) is 10.3 Å². The third-order valence-corrected chi connectivity index (χ3v) is 4.36. The van der Waals surface area contributed by atoms with E-state index in [0.717, 1.165) is 30.7 Å². The van der Waals surface area contributed by atoms with Gasteiger partial charge in [0.1, 0.15) is 11.6 Å². The quantitative estimate of drug-likeness (QED) is 0.856. The number of aryl methyl sites for hydroxylation is 1. The van der Waals surface area contributed by atoms with Crippen LogP contribution in [0.3, 0.4) is 0 Å². The minimum atomic E-state index is -0.368. The van der Waals surface area contributed by atoms with Crippen molar-refractivity contribution in [2.75, 3.05) is 19.8 Å². The predicted molar refractivity (Wildman–Crippen MR) is 86.1 cm³/mol. The number of hydrogen-bond acceptors (Lipinski definition) is 4. The molecule has 6 nitrogen and oxygen atoms in total. The van der Waals surface area contributed by atoms with Gasteiger partial charge in [-0.05, 0) is 50.2 Å². The number of aromatic amines is 1. The van der Waals surface area contributed by atoms with Gasteiger partial charge in [-0.3, -0.25) is 9.59 Å². The molecule has 2 rings (SSSR count). The van der Waals surface area contributed by atoms with Crippen molar-refractivity contribution in [1.29, 1.82) is 5.26 Å². The number of H-pyrrole nitrogens is 1. The first kappa shape index (κ1) is 17.2. The van der Waals surface area contributed by atoms with Crippen molar-refractivity contribution < 1.29 is 9.53 Å². The molecule has 1 amide bonds. The van der Waals surface area contributed by atoms with Gasteiger partial charge in [0.25, 0.3) is 5.56 Å². The zero-order chi connectivity index (χ0) is 16.8. The zero-order valence-electron chi connectivity index (χ0n) is 13.7. The molecule has 0 spiro atoms. The molecule has 1 aromatic heterocycles. The van der Waals surface area contributed by atoms with Crippen LogP contribution in [-0.2, 0) is 16.0 Å². The van der Waals surface area contributed by atoms with Crippen LogP contribution in [0.15, 0.2) is 4.79 Å². The largest absolute Gasteiger partial charge is 0.381 e. The Morgan fingerprint density at radius 2 is 2.26 bits per heavy atom. The molecule has 0 radical (unpaired) electrons. The lowest BCUT2D eigenvalue weighted by molar-refractivity contribution is -0.121. The number of carbonyl (C=O) groups is 1. The zero-order valence-corrected chi connectivity index (χ0v) is 13.7. The first-order chi connectivity index (χ1) is 11.0. The van der Waals surface area contributed by atoms with E-state index < -0.39 is 0 Å². The first-order valence-corrected chi connectivity index (χ1v) is 7.99. The number of nitrogens with zero attached hydrogens (tertiary/aromatic N) is 1. The minimum Gasteiger partial charge on any atom is -0.381 e. The van der Waals surface area contributed by atoms with Gasteiger partial charge in [-0.15, -0.1) is 0 Å². The fourth-order valence-corrected chi connectivity index (χ4v) is 2.97. The summed E-state index contributed by atoms with van der Waals surface area (Å²) >= 11 is 0. The van der Waals surface area contributed by atoms with Crippen LogP contribution < -0.4 is 10.9 Å². The molecule has 0 saturated carbocycles. The molecule has 6 heteroatoms. The van der Waals surface area contributed by atoms with Crippen molar-refractivity contribution in [2.24, 2.45) is 5.92 Å². The molecule has 0 bridgehead atoms. The highest BCUT2D eigenvalue weighted by Crippen LogP contribution is 2.15. The SMILES string of the molecule is Cc1[nH]c(=O)c(C#N)c(C)c1CCC(=O)NC[C@H]1CCCOC1. The van der Waals surface area contributed by atoms with Crippen molar-refractivity contribution in [3.05, 3.63) is 32.7 Å². The lowest BCUT2D eigenvalue weighted by Gasteiger charge is -2.22. The molecule has 1 aromatic rings. The van der Waals surface area contributed by atoms with Crippen LogP contribution in [-0.4, -0.2) is 30.6 Å². The highest BCUT2D eigenvalue weighted by atomic mass is 16.5. The summed E-state index contributed by atoms with van der Waals surface area (Å²) in [7, 11) is 0. The number of hydrogen-bond donors (Lipinski definition) is 2. The predicted octanol–water partition coefficient (Wildman–Crippen LogP) is 1.34. The monoisotopic (exact) mass is 317 g/mol. The maximum Gasteiger partial charge on any atom is 0.266 e. The molecule has 0 unspecified atom stereocenters. The van der Waals surface area contributed by atoms with Gasteiger partial charge in [-0.1, -0.05) is 0 Å². The summed E-state index contributed by atoms with van der Waals surface area (Å²) in [5.74, 6) is 0.383. The van der Waals surface area contributed by atoms with Crippen molar-refractivity contribution in [3.63, 3.8) is 0 Å². The van der Waals surface area contributed by atoms with E-state index in [0.29, 0.717) is 37.5 Å². The molecule has 0 aromatic carbocycles. The molecule has 23 heavy (non-hydrogen) atoms. The summed E-state index contributed by atoms with van der Waals surface area (Å²) in [6, 6.07) is 1.93. The molecule has 1 saturated heterocycles. The molecule has 124 valence electrons. The molecule has 1 fully saturated rings. The van der Waals surface area contributed by atoms with E-state index in [1.54, 1.807) is 13.8 Å². The summed E-state index contributed by atoms with van der Waals surface area (Å²) in [5.41, 5.74) is 2.03. The number of aromatic nitrogens is 1. The highest BCUT2D eigenvalue weighted by molar-refractivity contribution is 5.76. The Labute approximate surface area is 135 Å². The number of rotatable bonds is 5. The van der Waals surface area contributed by atoms with Crippen molar-refractivity contribution in [2.45, 2.75) is 39.5 Å². The van der Waals surface area contributed by atoms with Gasteiger partial charge in [0.2, 0.25) is 5.91 Å². The molecule has 0 aliphatic carbocycles. The van der Waals surface area contributed by atoms with Gasteiger partial charge < -0.3 is 15.0 Å². The Hall–Kier alpha value is -2.13. The third kappa shape index (κ3) is 4.42. The number of carbonyl (C=O) groups excluding carboxylic acids is 1. The van der Waals surface area contributed by atoms with Crippen molar-refractivity contribution in [1.82, 2.24) is 10.3 Å². The molecule has 1 aliphatic rings. The average molecular weight is 317 g/mol. The second kappa shape index (κ2) is 7.93. The van der Waals surface area contributed by atoms with Gasteiger partial charge >= 0.3 is 0 Å². The van der Waals surface area contributed by atoms with Crippen LogP contribution in [0, 0.1) is 31.1 Å². The molecule has 1 aliphatic heterocycles. The number of nitrogens with one attached hydrogen (secondary N) is 2. The van der Waals surface area contributed by atoms with Gasteiger partial charge in [0.15, 0.2) is 0 Å². The Bertz CT molecular complexity index is 667. The average Bonchev–Trinajstić information content (AvgIpc) is 2.53. The van der Waals surface area contributed by atoms with Crippen LogP contribution in [0.5, 0.6) is 0 Å². The number of nitriles is 1. The Kier molecular flexibility index (Phi) is 5.94. The Morgan fingerprint density at radius 3 is 2.91 bits per heavy atom. The van der Waals surface area contributed by atoms with Crippen LogP contribution >= 0.6 is 0 Å². The van der Waals surface area contributed by atoms with Gasteiger partial charge in [-0.2, -0.15) is 5.26 Å². The summed E-state index contributed by atoms with van der Waals surface area (Å²) in [5, 5.41) is 12.0. The topological polar surface area (TPSA) is 95.0 Å². The number of amides is 1. The van der Waals surface area contributed by atoms with Crippen LogP contribution in [0.4, 0.5) is 0 Å². The second-order valence-corrected chi connectivity index (χ2v) is 6.06. The minimum absolute atomic E-state index is 0.0147. The highest BCUT2D eigenvalue weighted by Gasteiger charge is 2.16. The van der Waals surface area contributed by atoms with E-state index in [1.807, 2.05) is 6.07 Å². The van der Waals surface area contributed by atoms with Crippen molar-refractivity contribution in [3.8, 4) is 6.07 Å². The van der Waals surface area contributed by atoms with Gasteiger partial charge in [0, 0.05) is 25.3 Å². The summed E-state index contributed by atoms with van der Waals surface area (Å²) in [6.07, 6.45) is 2.99. The second-order valence-electron chi connectivity index (χ2n) is 6.06. The first-order valence-electron chi connectivity index (χ1n) is 7.99. The molecular formula is C17H23N3O3. The van der Waals surface area contributed by atoms with Crippen molar-refractivity contribution >= 4 is 5.91 Å². The third-order valence-electron chi connectivity index (χ3n) is 4.36. The summed E-state index contributed by atoms with van der Waals surface area (Å²) in [4.78, 5) is 26.4. The van der Waals surface area contributed by atoms with Crippen LogP contribution in [0.25, 0.3) is 0 Å². The maximum atomic E-state index is 12.0. The Morgan fingerprint density at radius 1 is 1.48 bits per heavy atom. The lowest BCUT2D eigenvalue weighted by Crippen LogP contribution is -2.33. The normalized spacial score (nSPS) is 17.5. The van der Waals surface area contributed by atoms with E-state index >= 15 is 0 Å². The molecular weight excluding hydrogens is 294 g/mol. The lowest BCUT2D eigenvalue weighted by atomic mass is 9.98. The molecule has 1 atom stereocenters. The molecule has 2 heterocycles. The Balaban J connectivity index is 1.91. The number of ether oxygens (including phenoxy) is 1. The molecule has 2 N–H and O–H groups in total. The summed E-state index contributed by atoms with van der Waals surface area (Å²) in [6.45, 7) is 5.72. The fourth-order valence-electron chi connectivity index (χ4n) is 2.97. The van der Waals surface area contributed by atoms with E-state index in [-0.39, 0.29) is 17.0 Å². The standard InChI is InChI=1S/C17H23N3O3/c1-11-14(12(2)20-17(22)15(11)8-18)5-6-16(21)19-9-13-4-3-7-23-10-13/h13H,3-7,9-10H2,1-2H3,(H,19,21)(H,20,22)/t13-/m1/s1. The fraction of sp³-hybridized carbons (Fsp3) is 0.588. The maximum absolute atomic E-state index is 12.0. The van der Waals surface area contributed by atoms with Crippen LogP contribution in [0.2, 0.25) is 0 Å². The van der Waals surface area contributed by atoms with Crippen LogP contribution in [0.1, 0.15) is 41.6 Å². The van der Waals surface area contributed by atoms with E-state index in [9.17, 15) is 9.59 Å².